The van der Waals surface area contributed by atoms with Crippen molar-refractivity contribution in [3.63, 3.8) is 0 Å². The van der Waals surface area contributed by atoms with Crippen molar-refractivity contribution in [3.05, 3.63) is 93.2 Å². The lowest BCUT2D eigenvalue weighted by molar-refractivity contribution is -0.387. The molecule has 6 nitrogen and oxygen atoms in total. The van der Waals surface area contributed by atoms with Gasteiger partial charge >= 0.3 is 5.69 Å². The molecule has 0 aromatic heterocycles. The number of aliphatic hydroxyl groups is 1. The Morgan fingerprint density at radius 2 is 1.87 bits per heavy atom. The van der Waals surface area contributed by atoms with Crippen molar-refractivity contribution >= 4 is 17.3 Å². The Bertz CT molecular complexity index is 1030. The highest BCUT2D eigenvalue weighted by Gasteiger charge is 2.15. The molecule has 3 aromatic rings. The van der Waals surface area contributed by atoms with Crippen LogP contribution < -0.4 is 10.1 Å². The quantitative estimate of drug-likeness (QED) is 0.270. The van der Waals surface area contributed by atoms with E-state index in [0.29, 0.717) is 18.1 Å². The molecule has 162 valence electrons. The number of rotatable bonds is 10. The monoisotopic (exact) mass is 444 g/mol. The molecule has 0 radical (unpaired) electrons. The molecule has 1 atom stereocenters. The second kappa shape index (κ2) is 10.9. The van der Waals surface area contributed by atoms with Crippen LogP contribution >= 0.6 is 11.6 Å². The summed E-state index contributed by atoms with van der Waals surface area (Å²) in [6.45, 7) is 0.901. The zero-order valence-corrected chi connectivity index (χ0v) is 17.4. The summed E-state index contributed by atoms with van der Waals surface area (Å²) >= 11 is 6.23. The van der Waals surface area contributed by atoms with Gasteiger partial charge in [0.2, 0.25) is 5.82 Å². The van der Waals surface area contributed by atoms with Gasteiger partial charge in [0.25, 0.3) is 0 Å². The topological polar surface area (TPSA) is 84.6 Å². The average Bonchev–Trinajstić information content (AvgIpc) is 2.76. The molecule has 0 heterocycles. The molecule has 2 N–H and O–H groups in total. The number of halogens is 2. The van der Waals surface area contributed by atoms with Gasteiger partial charge in [-0.2, -0.15) is 4.39 Å². The predicted molar refractivity (Wildman–Crippen MR) is 118 cm³/mol. The van der Waals surface area contributed by atoms with E-state index >= 15 is 0 Å². The maximum atomic E-state index is 13.6. The Balaban J connectivity index is 1.39. The summed E-state index contributed by atoms with van der Waals surface area (Å²) in [4.78, 5) is 9.81. The molecule has 8 heteroatoms. The van der Waals surface area contributed by atoms with Gasteiger partial charge < -0.3 is 15.2 Å². The van der Waals surface area contributed by atoms with Gasteiger partial charge in [0, 0.05) is 29.3 Å². The van der Waals surface area contributed by atoms with Gasteiger partial charge in [-0.25, -0.2) is 0 Å². The van der Waals surface area contributed by atoms with Gasteiger partial charge in [-0.15, -0.1) is 0 Å². The van der Waals surface area contributed by atoms with E-state index in [9.17, 15) is 19.6 Å². The smallest absolute Gasteiger partial charge is 0.305 e. The fourth-order valence-corrected chi connectivity index (χ4v) is 3.27. The van der Waals surface area contributed by atoms with Crippen LogP contribution in [0.1, 0.15) is 5.56 Å². The Labute approximate surface area is 184 Å². The van der Waals surface area contributed by atoms with E-state index in [0.717, 1.165) is 35.2 Å². The highest BCUT2D eigenvalue weighted by molar-refractivity contribution is 6.33. The molecule has 3 rings (SSSR count). The van der Waals surface area contributed by atoms with Crippen molar-refractivity contribution < 1.29 is 19.2 Å². The summed E-state index contributed by atoms with van der Waals surface area (Å²) in [5.74, 6) is -0.851. The second-order valence-electron chi connectivity index (χ2n) is 6.97. The zero-order valence-electron chi connectivity index (χ0n) is 16.6. The Morgan fingerprint density at radius 1 is 1.13 bits per heavy atom. The summed E-state index contributed by atoms with van der Waals surface area (Å²) in [5.41, 5.74) is 2.58. The van der Waals surface area contributed by atoms with E-state index in [1.54, 1.807) is 0 Å². The summed E-state index contributed by atoms with van der Waals surface area (Å²) in [5, 5.41) is 24.5. The van der Waals surface area contributed by atoms with Gasteiger partial charge in [-0.1, -0.05) is 54.1 Å². The summed E-state index contributed by atoms with van der Waals surface area (Å²) in [6, 6.07) is 19.1. The third kappa shape index (κ3) is 6.49. The first-order chi connectivity index (χ1) is 14.9. The second-order valence-corrected chi connectivity index (χ2v) is 7.37. The highest BCUT2D eigenvalue weighted by atomic mass is 35.5. The van der Waals surface area contributed by atoms with Crippen molar-refractivity contribution in [2.24, 2.45) is 0 Å². The fourth-order valence-electron chi connectivity index (χ4n) is 3.02. The van der Waals surface area contributed by atoms with Crippen molar-refractivity contribution in [1.29, 1.82) is 0 Å². The molecule has 0 aliphatic heterocycles. The van der Waals surface area contributed by atoms with E-state index < -0.39 is 22.5 Å². The average molecular weight is 445 g/mol. The summed E-state index contributed by atoms with van der Waals surface area (Å²) < 4.78 is 18.9. The van der Waals surface area contributed by atoms with Crippen molar-refractivity contribution in [2.75, 3.05) is 19.7 Å². The third-order valence-corrected chi connectivity index (χ3v) is 5.00. The molecular weight excluding hydrogens is 423 g/mol. The number of nitro benzene ring substituents is 1. The first-order valence-electron chi connectivity index (χ1n) is 9.73. The van der Waals surface area contributed by atoms with Crippen LogP contribution in [-0.2, 0) is 6.42 Å². The summed E-state index contributed by atoms with van der Waals surface area (Å²) in [6.07, 6.45) is -0.0231. The molecule has 3 aromatic carbocycles. The number of aliphatic hydroxyl groups excluding tert-OH is 1. The molecule has 0 aliphatic carbocycles. The Morgan fingerprint density at radius 3 is 2.55 bits per heavy atom. The van der Waals surface area contributed by atoms with Crippen LogP contribution in [0.4, 0.5) is 10.1 Å². The fraction of sp³-hybridized carbons (Fsp3) is 0.217. The van der Waals surface area contributed by atoms with Gasteiger partial charge in [0.15, 0.2) is 0 Å². The molecule has 0 fully saturated rings. The molecule has 0 amide bonds. The molecular formula is C23H22ClFN2O4. The van der Waals surface area contributed by atoms with Gasteiger partial charge in [0.1, 0.15) is 18.5 Å². The number of hydrogen-bond donors (Lipinski definition) is 2. The van der Waals surface area contributed by atoms with E-state index in [-0.39, 0.29) is 12.4 Å². The number of nitrogens with zero attached hydrogens (tertiary/aromatic N) is 1. The lowest BCUT2D eigenvalue weighted by atomic mass is 10.0. The molecule has 31 heavy (non-hydrogen) atoms. The van der Waals surface area contributed by atoms with Crippen LogP contribution in [0.3, 0.4) is 0 Å². The minimum Gasteiger partial charge on any atom is -0.491 e. The van der Waals surface area contributed by atoms with Crippen molar-refractivity contribution in [3.8, 4) is 16.9 Å². The largest absolute Gasteiger partial charge is 0.491 e. The van der Waals surface area contributed by atoms with Gasteiger partial charge in [-0.3, -0.25) is 10.1 Å². The van der Waals surface area contributed by atoms with E-state index in [4.69, 9.17) is 16.3 Å². The first-order valence-corrected chi connectivity index (χ1v) is 10.1. The van der Waals surface area contributed by atoms with E-state index in [1.165, 1.54) is 6.07 Å². The third-order valence-electron chi connectivity index (χ3n) is 4.67. The van der Waals surface area contributed by atoms with Crippen LogP contribution in [0, 0.1) is 15.9 Å². The normalized spacial score (nSPS) is 11.8. The highest BCUT2D eigenvalue weighted by Crippen LogP contribution is 2.27. The standard InChI is InChI=1S/C23H22ClFN2O4/c24-21-4-2-1-3-20(21)17-7-5-16(6-8-17)11-12-26-14-18(28)15-31-19-9-10-23(27(29)30)22(25)13-19/h1-10,13,18,26,28H,11-12,14-15H2. The molecule has 0 spiro atoms. The minimum absolute atomic E-state index is 0.0587. The van der Waals surface area contributed by atoms with Crippen molar-refractivity contribution in [1.82, 2.24) is 5.32 Å². The molecule has 0 saturated carbocycles. The number of nitro groups is 1. The molecule has 0 bridgehead atoms. The predicted octanol–water partition coefficient (Wildman–Crippen LogP) is 4.63. The van der Waals surface area contributed by atoms with Crippen molar-refractivity contribution in [2.45, 2.75) is 12.5 Å². The number of ether oxygens (including phenoxy) is 1. The molecule has 0 aliphatic rings. The maximum Gasteiger partial charge on any atom is 0.305 e. The lowest BCUT2D eigenvalue weighted by Gasteiger charge is -2.13. The van der Waals surface area contributed by atoms with Gasteiger partial charge in [-0.05, 0) is 36.2 Å². The van der Waals surface area contributed by atoms with E-state index in [2.05, 4.69) is 5.32 Å². The summed E-state index contributed by atoms with van der Waals surface area (Å²) in [7, 11) is 0. The Hall–Kier alpha value is -3.00. The SMILES string of the molecule is O=[N+]([O-])c1ccc(OCC(O)CNCCc2ccc(-c3ccccc3Cl)cc2)cc1F. The van der Waals surface area contributed by atoms with Crippen LogP contribution in [-0.4, -0.2) is 35.8 Å². The molecule has 1 unspecified atom stereocenters. The first kappa shape index (κ1) is 22.7. The Kier molecular flexibility index (Phi) is 7.94. The van der Waals surface area contributed by atoms with Crippen LogP contribution in [0.5, 0.6) is 5.75 Å². The van der Waals surface area contributed by atoms with E-state index in [1.807, 2.05) is 48.5 Å². The van der Waals surface area contributed by atoms with Crippen LogP contribution in [0.2, 0.25) is 5.02 Å². The van der Waals surface area contributed by atoms with Crippen LogP contribution in [0.15, 0.2) is 66.7 Å². The number of benzene rings is 3. The number of hydrogen-bond acceptors (Lipinski definition) is 5. The minimum atomic E-state index is -0.976. The lowest BCUT2D eigenvalue weighted by Crippen LogP contribution is -2.32. The maximum absolute atomic E-state index is 13.6. The molecule has 0 saturated heterocycles. The zero-order chi connectivity index (χ0) is 22.2. The van der Waals surface area contributed by atoms with Gasteiger partial charge in [0.05, 0.1) is 4.92 Å². The van der Waals surface area contributed by atoms with Crippen LogP contribution in [0.25, 0.3) is 11.1 Å². The number of nitrogens with one attached hydrogen (secondary N) is 1.